The molecule has 174 valence electrons. The minimum Gasteiger partial charge on any atom is -0.493 e. The molecule has 2 aromatic rings. The van der Waals surface area contributed by atoms with Gasteiger partial charge in [0, 0.05) is 38.3 Å². The van der Waals surface area contributed by atoms with Gasteiger partial charge in [-0.1, -0.05) is 25.1 Å². The van der Waals surface area contributed by atoms with Gasteiger partial charge in [0.25, 0.3) is 5.91 Å². The largest absolute Gasteiger partial charge is 0.493 e. The first-order valence-electron chi connectivity index (χ1n) is 11.7. The smallest absolute Gasteiger partial charge is 0.254 e. The van der Waals surface area contributed by atoms with Crippen molar-refractivity contribution < 1.29 is 19.1 Å². The second-order valence-corrected chi connectivity index (χ2v) is 8.92. The highest BCUT2D eigenvalue weighted by Crippen LogP contribution is 2.48. The van der Waals surface area contributed by atoms with Gasteiger partial charge in [-0.3, -0.25) is 9.59 Å². The number of hydrogen-bond donors (Lipinski definition) is 0. The van der Waals surface area contributed by atoms with Gasteiger partial charge in [0.15, 0.2) is 11.5 Å². The molecule has 33 heavy (non-hydrogen) atoms. The Morgan fingerprint density at radius 2 is 1.67 bits per heavy atom. The van der Waals surface area contributed by atoms with Gasteiger partial charge >= 0.3 is 0 Å². The summed E-state index contributed by atoms with van der Waals surface area (Å²) in [4.78, 5) is 33.8. The van der Waals surface area contributed by atoms with Crippen LogP contribution >= 0.6 is 0 Å². The lowest BCUT2D eigenvalue weighted by atomic mass is 9.75. The topological polar surface area (TPSA) is 62.3 Å². The highest BCUT2D eigenvalue weighted by Gasteiger charge is 2.47. The van der Waals surface area contributed by atoms with E-state index in [2.05, 4.69) is 11.8 Å². The zero-order valence-corrected chi connectivity index (χ0v) is 19.5. The van der Waals surface area contributed by atoms with E-state index in [-0.39, 0.29) is 17.9 Å². The number of likely N-dealkylation sites (N-methyl/N-ethyl adjacent to an activating group) is 1. The van der Waals surface area contributed by atoms with Gasteiger partial charge in [-0.2, -0.15) is 0 Å². The Hall–Kier alpha value is -3.06. The number of carbonyl (C=O) groups is 2. The Kier molecular flexibility index (Phi) is 5.74. The van der Waals surface area contributed by atoms with Crippen molar-refractivity contribution in [2.24, 2.45) is 0 Å². The van der Waals surface area contributed by atoms with E-state index in [0.717, 1.165) is 42.7 Å². The van der Waals surface area contributed by atoms with E-state index in [1.54, 1.807) is 14.2 Å². The maximum absolute atomic E-state index is 14.1. The molecule has 2 unspecified atom stereocenters. The van der Waals surface area contributed by atoms with Gasteiger partial charge < -0.3 is 24.2 Å². The van der Waals surface area contributed by atoms with Crippen LogP contribution < -0.4 is 9.47 Å². The number of amides is 2. The number of ether oxygens (including phenoxy) is 2. The van der Waals surface area contributed by atoms with Crippen LogP contribution in [0.5, 0.6) is 11.5 Å². The summed E-state index contributed by atoms with van der Waals surface area (Å²) in [5, 5.41) is 0. The zero-order valence-electron chi connectivity index (χ0n) is 19.5. The highest BCUT2D eigenvalue weighted by molar-refractivity contribution is 6.01. The van der Waals surface area contributed by atoms with Crippen LogP contribution in [0, 0.1) is 0 Å². The van der Waals surface area contributed by atoms with Gasteiger partial charge in [0.05, 0.1) is 26.2 Å². The van der Waals surface area contributed by atoms with E-state index in [9.17, 15) is 9.59 Å². The number of methoxy groups -OCH3 is 2. The molecular formula is C26H31N3O4. The van der Waals surface area contributed by atoms with Crippen molar-refractivity contribution in [3.8, 4) is 11.5 Å². The number of nitrogens with zero attached hydrogens (tertiary/aromatic N) is 3. The molecule has 7 nitrogen and oxygen atoms in total. The van der Waals surface area contributed by atoms with Crippen LogP contribution in [-0.4, -0.2) is 80.0 Å². The second-order valence-electron chi connectivity index (χ2n) is 8.92. The number of rotatable bonds is 4. The summed E-state index contributed by atoms with van der Waals surface area (Å²) in [5.74, 6) is 0.946. The van der Waals surface area contributed by atoms with E-state index in [4.69, 9.17) is 9.47 Å². The van der Waals surface area contributed by atoms with E-state index in [1.807, 2.05) is 46.2 Å². The third-order valence-corrected chi connectivity index (χ3v) is 7.42. The number of hydrogen-bond acceptors (Lipinski definition) is 5. The van der Waals surface area contributed by atoms with E-state index >= 15 is 0 Å². The normalized spacial score (nSPS) is 22.3. The number of benzene rings is 2. The van der Waals surface area contributed by atoms with Crippen molar-refractivity contribution in [3.05, 3.63) is 58.7 Å². The lowest BCUT2D eigenvalue weighted by Gasteiger charge is -2.47. The lowest BCUT2D eigenvalue weighted by Crippen LogP contribution is -2.54. The fourth-order valence-corrected chi connectivity index (χ4v) is 5.60. The molecule has 0 radical (unpaired) electrons. The van der Waals surface area contributed by atoms with Crippen molar-refractivity contribution in [1.29, 1.82) is 0 Å². The molecule has 2 atom stereocenters. The van der Waals surface area contributed by atoms with Crippen LogP contribution in [0.15, 0.2) is 36.4 Å². The zero-order chi connectivity index (χ0) is 23.1. The highest BCUT2D eigenvalue weighted by atomic mass is 16.5. The van der Waals surface area contributed by atoms with Crippen molar-refractivity contribution in [2.75, 3.05) is 53.5 Å². The first-order chi connectivity index (χ1) is 16.1. The summed E-state index contributed by atoms with van der Waals surface area (Å²) in [5.41, 5.74) is 3.56. The monoisotopic (exact) mass is 449 g/mol. The number of piperazine rings is 1. The molecule has 0 N–H and O–H groups in total. The van der Waals surface area contributed by atoms with Gasteiger partial charge in [-0.05, 0) is 47.9 Å². The fraction of sp³-hybridized carbons (Fsp3) is 0.462. The summed E-state index contributed by atoms with van der Waals surface area (Å²) in [6.07, 6.45) is 0.718. The van der Waals surface area contributed by atoms with E-state index < -0.39 is 5.92 Å². The summed E-state index contributed by atoms with van der Waals surface area (Å²) in [7, 11) is 3.24. The molecule has 0 aliphatic carbocycles. The van der Waals surface area contributed by atoms with Gasteiger partial charge in [0.2, 0.25) is 5.91 Å². The van der Waals surface area contributed by atoms with Crippen LogP contribution in [0.25, 0.3) is 0 Å². The van der Waals surface area contributed by atoms with E-state index in [1.165, 1.54) is 0 Å². The molecule has 1 saturated heterocycles. The standard InChI is InChI=1S/C26H31N3O4/c1-4-27-11-13-28(14-12-27)26(31)23-18-7-5-6-8-19(18)25(30)29-10-9-17-15-21(32-2)22(33-3)16-20(17)24(23)29/h5-8,15-16,23-24H,4,9-14H2,1-3H3. The third kappa shape index (κ3) is 3.55. The quantitative estimate of drug-likeness (QED) is 0.718. The molecule has 1 fully saturated rings. The van der Waals surface area contributed by atoms with Crippen LogP contribution in [0.3, 0.4) is 0 Å². The fourth-order valence-electron chi connectivity index (χ4n) is 5.60. The average molecular weight is 450 g/mol. The summed E-state index contributed by atoms with van der Waals surface area (Å²) >= 11 is 0. The predicted octanol–water partition coefficient (Wildman–Crippen LogP) is 2.70. The van der Waals surface area contributed by atoms with Gasteiger partial charge in [-0.25, -0.2) is 0 Å². The molecule has 0 saturated carbocycles. The summed E-state index contributed by atoms with van der Waals surface area (Å²) in [6, 6.07) is 11.2. The molecule has 2 amide bonds. The van der Waals surface area contributed by atoms with Crippen LogP contribution in [-0.2, 0) is 11.2 Å². The maximum atomic E-state index is 14.1. The maximum Gasteiger partial charge on any atom is 0.254 e. The Bertz CT molecular complexity index is 1080. The summed E-state index contributed by atoms with van der Waals surface area (Å²) < 4.78 is 11.1. The molecular weight excluding hydrogens is 418 g/mol. The minimum atomic E-state index is -0.441. The molecule has 3 heterocycles. The van der Waals surface area contributed by atoms with Crippen LogP contribution in [0.1, 0.15) is 45.9 Å². The van der Waals surface area contributed by atoms with E-state index in [0.29, 0.717) is 36.7 Å². The first-order valence-corrected chi connectivity index (χ1v) is 11.7. The number of fused-ring (bicyclic) bond motifs is 4. The lowest BCUT2D eigenvalue weighted by molar-refractivity contribution is -0.136. The van der Waals surface area contributed by atoms with Gasteiger partial charge in [-0.15, -0.1) is 0 Å². The first kappa shape index (κ1) is 21.8. The summed E-state index contributed by atoms with van der Waals surface area (Å²) in [6.45, 7) is 6.91. The molecule has 3 aliphatic rings. The van der Waals surface area contributed by atoms with Crippen molar-refractivity contribution >= 4 is 11.8 Å². The Morgan fingerprint density at radius 3 is 2.36 bits per heavy atom. The molecule has 0 bridgehead atoms. The molecule has 3 aliphatic heterocycles. The Balaban J connectivity index is 1.62. The third-order valence-electron chi connectivity index (χ3n) is 7.42. The number of carbonyl (C=O) groups excluding carboxylic acids is 2. The molecule has 0 aromatic heterocycles. The second kappa shape index (κ2) is 8.71. The average Bonchev–Trinajstić information content (AvgIpc) is 2.87. The van der Waals surface area contributed by atoms with Crippen molar-refractivity contribution in [3.63, 3.8) is 0 Å². The Morgan fingerprint density at radius 1 is 0.970 bits per heavy atom. The minimum absolute atomic E-state index is 0.00381. The SMILES string of the molecule is CCN1CCN(C(=O)C2c3ccccc3C(=O)N3CCc4cc(OC)c(OC)cc4C23)CC1. The van der Waals surface area contributed by atoms with Crippen LogP contribution in [0.4, 0.5) is 0 Å². The van der Waals surface area contributed by atoms with Gasteiger partial charge in [0.1, 0.15) is 0 Å². The molecule has 2 aromatic carbocycles. The van der Waals surface area contributed by atoms with Crippen molar-refractivity contribution in [2.45, 2.75) is 25.3 Å². The predicted molar refractivity (Wildman–Crippen MR) is 125 cm³/mol. The molecule has 7 heteroatoms. The van der Waals surface area contributed by atoms with Crippen molar-refractivity contribution in [1.82, 2.24) is 14.7 Å². The molecule has 0 spiro atoms. The Labute approximate surface area is 194 Å². The molecule has 5 rings (SSSR count). The van der Waals surface area contributed by atoms with Crippen LogP contribution in [0.2, 0.25) is 0 Å².